The van der Waals surface area contributed by atoms with Gasteiger partial charge in [-0.25, -0.2) is 0 Å². The number of ketones is 1. The zero-order valence-electron chi connectivity index (χ0n) is 25.5. The van der Waals surface area contributed by atoms with E-state index >= 15 is 0 Å². The minimum absolute atomic E-state index is 0.232. The maximum Gasteiger partial charge on any atom is 0.305 e. The van der Waals surface area contributed by atoms with E-state index in [0.29, 0.717) is 17.7 Å². The highest BCUT2D eigenvalue weighted by atomic mass is 16.5. The summed E-state index contributed by atoms with van der Waals surface area (Å²) >= 11 is 0. The predicted molar refractivity (Wildman–Crippen MR) is 165 cm³/mol. The van der Waals surface area contributed by atoms with Crippen molar-refractivity contribution < 1.29 is 19.4 Å². The molecule has 5 N–H and O–H groups in total. The summed E-state index contributed by atoms with van der Waals surface area (Å²) in [5.41, 5.74) is 11.6. The Morgan fingerprint density at radius 1 is 0.667 bits per heavy atom. The number of aliphatic hydroxyl groups is 1. The monoisotopic (exact) mass is 568 g/mol. The number of hydrogen-bond acceptors (Lipinski definition) is 4. The fourth-order valence-electron chi connectivity index (χ4n) is 6.31. The number of rotatable bonds is 7. The minimum atomic E-state index is -0.591. The summed E-state index contributed by atoms with van der Waals surface area (Å²) in [4.78, 5) is 39.5. The van der Waals surface area contributed by atoms with Crippen LogP contribution in [0.4, 0.5) is 0 Å². The third-order valence-corrected chi connectivity index (χ3v) is 8.76. The van der Waals surface area contributed by atoms with Crippen molar-refractivity contribution in [3.05, 3.63) is 88.7 Å². The molecule has 4 aromatic rings. The molecule has 1 aliphatic rings. The molecular formula is C34H40N4O4. The van der Waals surface area contributed by atoms with Crippen LogP contribution in [0.25, 0.3) is 24.3 Å². The van der Waals surface area contributed by atoms with Crippen molar-refractivity contribution in [3.63, 3.8) is 0 Å². The van der Waals surface area contributed by atoms with Crippen LogP contribution in [-0.4, -0.2) is 50.5 Å². The highest BCUT2D eigenvalue weighted by Gasteiger charge is 2.20. The first-order chi connectivity index (χ1) is 20.1. The second-order valence-electron chi connectivity index (χ2n) is 11.1. The van der Waals surface area contributed by atoms with E-state index in [9.17, 15) is 14.7 Å². The van der Waals surface area contributed by atoms with Gasteiger partial charge in [0.15, 0.2) is 5.78 Å². The number of nitrogens with one attached hydrogen (secondary N) is 4. The highest BCUT2D eigenvalue weighted by molar-refractivity contribution is 6.02. The second kappa shape index (κ2) is 11.5. The van der Waals surface area contributed by atoms with Crippen molar-refractivity contribution in [3.8, 4) is 0 Å². The number of aromatic amines is 4. The number of methoxy groups -OCH3 is 1. The lowest BCUT2D eigenvalue weighted by atomic mass is 10.0. The van der Waals surface area contributed by atoms with Gasteiger partial charge in [-0.2, -0.15) is 0 Å². The molecule has 220 valence electrons. The number of Topliss-reactive ketones (excluding diaryl/α,β-unsaturated/α-hetero) is 1. The van der Waals surface area contributed by atoms with Gasteiger partial charge in [-0.05, 0) is 110 Å². The molecular weight excluding hydrogens is 528 g/mol. The molecule has 8 heteroatoms. The second-order valence-corrected chi connectivity index (χ2v) is 11.1. The average molecular weight is 569 g/mol. The third-order valence-electron chi connectivity index (χ3n) is 8.76. The molecule has 0 spiro atoms. The van der Waals surface area contributed by atoms with Gasteiger partial charge in [0.05, 0.1) is 12.8 Å². The van der Waals surface area contributed by atoms with Crippen LogP contribution in [0.1, 0.15) is 92.3 Å². The van der Waals surface area contributed by atoms with Gasteiger partial charge in [0, 0.05) is 50.5 Å². The maximum atomic E-state index is 13.0. The molecule has 0 aliphatic carbocycles. The predicted octanol–water partition coefficient (Wildman–Crippen LogP) is 2.27. The number of aromatic nitrogens is 4. The molecule has 0 saturated carbocycles. The lowest BCUT2D eigenvalue weighted by Crippen LogP contribution is -2.15. The van der Waals surface area contributed by atoms with Crippen LogP contribution >= 0.6 is 0 Å². The first-order valence-electron chi connectivity index (χ1n) is 14.6. The molecule has 8 bridgehead atoms. The van der Waals surface area contributed by atoms with E-state index in [1.807, 2.05) is 19.9 Å². The van der Waals surface area contributed by atoms with Gasteiger partial charge >= 0.3 is 5.97 Å². The Morgan fingerprint density at radius 2 is 1.19 bits per heavy atom. The molecule has 1 aliphatic heterocycles. The highest BCUT2D eigenvalue weighted by Crippen LogP contribution is 2.23. The molecule has 8 nitrogen and oxygen atoms in total. The summed E-state index contributed by atoms with van der Waals surface area (Å²) in [6.45, 7) is 12.0. The van der Waals surface area contributed by atoms with Gasteiger partial charge < -0.3 is 29.8 Å². The van der Waals surface area contributed by atoms with E-state index < -0.39 is 6.61 Å². The van der Waals surface area contributed by atoms with E-state index in [-0.39, 0.29) is 18.2 Å². The number of hydrogen-bond donors (Lipinski definition) is 5. The van der Waals surface area contributed by atoms with Crippen molar-refractivity contribution in [1.29, 1.82) is 0 Å². The summed E-state index contributed by atoms with van der Waals surface area (Å²) < 4.78 is 4.92. The third kappa shape index (κ3) is 5.00. The van der Waals surface area contributed by atoms with Crippen LogP contribution in [0.3, 0.4) is 0 Å². The zero-order chi connectivity index (χ0) is 30.3. The van der Waals surface area contributed by atoms with E-state index in [0.717, 1.165) is 68.0 Å². The quantitative estimate of drug-likeness (QED) is 0.153. The Morgan fingerprint density at radius 3 is 1.81 bits per heavy atom. The SMILES string of the molecule is CCc1c2[nH]c(c1C)C=c1[nH]c(c(CCC(=O)OC)c1C)=Cc1[nH]c(c(C)c1C(=O)CO)C=c1[nH]c(c(C)c1CC)=C2. The Kier molecular flexibility index (Phi) is 8.01. The molecule has 4 aromatic heterocycles. The summed E-state index contributed by atoms with van der Waals surface area (Å²) in [6.07, 6.45) is 10.7. The van der Waals surface area contributed by atoms with Crippen LogP contribution in [-0.2, 0) is 28.8 Å². The van der Waals surface area contributed by atoms with Crippen LogP contribution in [0.15, 0.2) is 0 Å². The van der Waals surface area contributed by atoms with E-state index in [1.165, 1.54) is 29.4 Å². The van der Waals surface area contributed by atoms with Gasteiger partial charge in [0.2, 0.25) is 0 Å². The number of aliphatic hydroxyl groups excluding tert-OH is 1. The summed E-state index contributed by atoms with van der Waals surface area (Å²) in [5, 5.41) is 13.6. The number of H-pyrrole nitrogens is 4. The van der Waals surface area contributed by atoms with Crippen LogP contribution in [0.2, 0.25) is 0 Å². The largest absolute Gasteiger partial charge is 0.469 e. The van der Waals surface area contributed by atoms with Crippen LogP contribution in [0, 0.1) is 27.7 Å². The van der Waals surface area contributed by atoms with Crippen molar-refractivity contribution in [2.45, 2.75) is 67.2 Å². The van der Waals surface area contributed by atoms with Gasteiger partial charge in [-0.1, -0.05) is 13.8 Å². The molecule has 0 amide bonds. The van der Waals surface area contributed by atoms with Gasteiger partial charge in [0.1, 0.15) is 6.61 Å². The first kappa shape index (κ1) is 29.2. The molecule has 0 saturated heterocycles. The van der Waals surface area contributed by atoms with Crippen LogP contribution < -0.4 is 21.4 Å². The molecule has 0 atom stereocenters. The van der Waals surface area contributed by atoms with Crippen molar-refractivity contribution >= 4 is 36.1 Å². The van der Waals surface area contributed by atoms with E-state index in [2.05, 4.69) is 65.9 Å². The minimum Gasteiger partial charge on any atom is -0.469 e. The summed E-state index contributed by atoms with van der Waals surface area (Å²) in [7, 11) is 1.39. The molecule has 42 heavy (non-hydrogen) atoms. The van der Waals surface area contributed by atoms with E-state index in [1.54, 1.807) is 0 Å². The molecule has 0 unspecified atom stereocenters. The Bertz CT molecular complexity index is 1960. The van der Waals surface area contributed by atoms with Crippen LogP contribution in [0.5, 0.6) is 0 Å². The number of ether oxygens (including phenoxy) is 1. The van der Waals surface area contributed by atoms with Crippen molar-refractivity contribution in [2.24, 2.45) is 0 Å². The fourth-order valence-corrected chi connectivity index (χ4v) is 6.31. The van der Waals surface area contributed by atoms with Crippen molar-refractivity contribution in [2.75, 3.05) is 13.7 Å². The Labute approximate surface area is 244 Å². The summed E-state index contributed by atoms with van der Waals surface area (Å²) in [5.74, 6) is -0.637. The lowest BCUT2D eigenvalue weighted by Gasteiger charge is -2.01. The topological polar surface area (TPSA) is 127 Å². The maximum absolute atomic E-state index is 13.0. The smallest absolute Gasteiger partial charge is 0.305 e. The van der Waals surface area contributed by atoms with Crippen molar-refractivity contribution in [1.82, 2.24) is 19.9 Å². The molecule has 0 aromatic carbocycles. The number of fused-ring (bicyclic) bond motifs is 8. The number of carbonyl (C=O) groups excluding carboxylic acids is 2. The zero-order valence-corrected chi connectivity index (χ0v) is 25.5. The standard InChI is InChI=1S/C34H40N4O4/c1-8-21-17(3)24-12-25-19(5)23(10-11-33(41)42-7)30(37-25)15-31-34(32(40)16-39)20(6)27(38-31)14-29-22(9-2)18(4)26(36-29)13-28(21)35-24/h12-15,35-39H,8-11,16H2,1-7H3. The number of esters is 1. The lowest BCUT2D eigenvalue weighted by molar-refractivity contribution is -0.140. The fraction of sp³-hybridized carbons (Fsp3) is 0.353. The normalized spacial score (nSPS) is 12.3. The molecule has 5 heterocycles. The number of carbonyl (C=O) groups is 2. The average Bonchev–Trinajstić information content (AvgIpc) is 3.64. The van der Waals surface area contributed by atoms with Gasteiger partial charge in [0.25, 0.3) is 0 Å². The Balaban J connectivity index is 1.93. The molecule has 0 radical (unpaired) electrons. The summed E-state index contributed by atoms with van der Waals surface area (Å²) in [6, 6.07) is 0. The van der Waals surface area contributed by atoms with Gasteiger partial charge in [-0.15, -0.1) is 0 Å². The molecule has 0 fully saturated rings. The Hall–Kier alpha value is -4.30. The first-order valence-corrected chi connectivity index (χ1v) is 14.6. The molecule has 5 rings (SSSR count). The van der Waals surface area contributed by atoms with E-state index in [4.69, 9.17) is 4.74 Å². The van der Waals surface area contributed by atoms with Gasteiger partial charge in [-0.3, -0.25) is 9.59 Å².